The van der Waals surface area contributed by atoms with Gasteiger partial charge in [0.2, 0.25) is 0 Å². The highest BCUT2D eigenvalue weighted by Crippen LogP contribution is 2.36. The quantitative estimate of drug-likeness (QED) is 0.555. The predicted molar refractivity (Wildman–Crippen MR) is 115 cm³/mol. The number of rotatable bonds is 5. The van der Waals surface area contributed by atoms with Crippen molar-refractivity contribution in [2.24, 2.45) is 5.41 Å². The van der Waals surface area contributed by atoms with E-state index in [1.165, 1.54) is 6.07 Å². The van der Waals surface area contributed by atoms with Gasteiger partial charge in [-0.25, -0.2) is 9.37 Å². The molecule has 0 aliphatic carbocycles. The molecule has 1 atom stereocenters. The number of aromatic nitrogens is 2. The third-order valence-electron chi connectivity index (χ3n) is 5.69. The second-order valence-corrected chi connectivity index (χ2v) is 8.27. The van der Waals surface area contributed by atoms with Gasteiger partial charge < -0.3 is 14.0 Å². The van der Waals surface area contributed by atoms with E-state index in [-0.39, 0.29) is 37.0 Å². The van der Waals surface area contributed by atoms with Gasteiger partial charge in [0, 0.05) is 25.5 Å². The Balaban J connectivity index is 1.63. The maximum absolute atomic E-state index is 14.4. The molecule has 0 bridgehead atoms. The molecule has 1 saturated heterocycles. The zero-order valence-electron chi connectivity index (χ0n) is 17.2. The van der Waals surface area contributed by atoms with E-state index in [0.29, 0.717) is 35.6 Å². The lowest BCUT2D eigenvalue weighted by Gasteiger charge is -2.41. The minimum atomic E-state index is -1.01. The fraction of sp³-hybridized carbons (Fsp3) is 0.348. The van der Waals surface area contributed by atoms with Crippen LogP contribution in [0.4, 0.5) is 4.39 Å². The standard InChI is InChI=1S/C23H23ClFN3O3/c1-2-31-22(30)23(12-16-6-3-4-7-18(16)25)10-5-11-27(15-23)21(29)19-14-28-13-17(24)8-9-20(28)26-19/h3-4,6-9,13-14H,2,5,10-12,15H2,1H3. The van der Waals surface area contributed by atoms with Crippen molar-refractivity contribution in [2.75, 3.05) is 19.7 Å². The first-order valence-electron chi connectivity index (χ1n) is 10.3. The van der Waals surface area contributed by atoms with E-state index in [4.69, 9.17) is 16.3 Å². The van der Waals surface area contributed by atoms with E-state index >= 15 is 0 Å². The monoisotopic (exact) mass is 443 g/mol. The van der Waals surface area contributed by atoms with Crippen molar-refractivity contribution in [1.29, 1.82) is 0 Å². The molecule has 4 rings (SSSR count). The van der Waals surface area contributed by atoms with Gasteiger partial charge in [-0.2, -0.15) is 0 Å². The van der Waals surface area contributed by atoms with E-state index in [2.05, 4.69) is 4.98 Å². The average molecular weight is 444 g/mol. The van der Waals surface area contributed by atoms with Crippen molar-refractivity contribution < 1.29 is 18.7 Å². The molecule has 1 unspecified atom stereocenters. The summed E-state index contributed by atoms with van der Waals surface area (Å²) in [7, 11) is 0. The lowest BCUT2D eigenvalue weighted by molar-refractivity contribution is -0.158. The maximum atomic E-state index is 14.4. The summed E-state index contributed by atoms with van der Waals surface area (Å²) >= 11 is 6.02. The summed E-state index contributed by atoms with van der Waals surface area (Å²) < 4.78 is 21.4. The van der Waals surface area contributed by atoms with E-state index in [9.17, 15) is 14.0 Å². The van der Waals surface area contributed by atoms with Crippen molar-refractivity contribution in [1.82, 2.24) is 14.3 Å². The summed E-state index contributed by atoms with van der Waals surface area (Å²) in [5.74, 6) is -1.05. The molecule has 1 aliphatic rings. The number of amides is 1. The largest absolute Gasteiger partial charge is 0.466 e. The molecule has 6 nitrogen and oxygen atoms in total. The number of likely N-dealkylation sites (tertiary alicyclic amines) is 1. The molecular weight excluding hydrogens is 421 g/mol. The number of pyridine rings is 1. The summed E-state index contributed by atoms with van der Waals surface area (Å²) in [5, 5.41) is 0.535. The number of halogens is 2. The number of esters is 1. The molecule has 1 fully saturated rings. The van der Waals surface area contributed by atoms with Crippen LogP contribution < -0.4 is 0 Å². The Morgan fingerprint density at radius 1 is 1.23 bits per heavy atom. The van der Waals surface area contributed by atoms with Crippen LogP contribution in [-0.4, -0.2) is 45.9 Å². The lowest BCUT2D eigenvalue weighted by atomic mass is 9.75. The molecule has 2 aromatic heterocycles. The highest BCUT2D eigenvalue weighted by Gasteiger charge is 2.45. The van der Waals surface area contributed by atoms with Crippen LogP contribution in [0.25, 0.3) is 5.65 Å². The van der Waals surface area contributed by atoms with Gasteiger partial charge >= 0.3 is 5.97 Å². The molecule has 31 heavy (non-hydrogen) atoms. The summed E-state index contributed by atoms with van der Waals surface area (Å²) in [5.41, 5.74) is 0.307. The third kappa shape index (κ3) is 4.28. The fourth-order valence-electron chi connectivity index (χ4n) is 4.21. The van der Waals surface area contributed by atoms with E-state index in [1.807, 2.05) is 0 Å². The summed E-state index contributed by atoms with van der Waals surface area (Å²) in [6, 6.07) is 9.84. The van der Waals surface area contributed by atoms with E-state index in [1.54, 1.807) is 58.9 Å². The number of ether oxygens (including phenoxy) is 1. The lowest BCUT2D eigenvalue weighted by Crippen LogP contribution is -2.51. The van der Waals surface area contributed by atoms with Crippen LogP contribution in [0, 0.1) is 11.2 Å². The molecule has 1 aromatic carbocycles. The van der Waals surface area contributed by atoms with Crippen LogP contribution in [0.1, 0.15) is 35.8 Å². The van der Waals surface area contributed by atoms with Gasteiger partial charge in [0.1, 0.15) is 17.2 Å². The number of fused-ring (bicyclic) bond motifs is 1. The van der Waals surface area contributed by atoms with Crippen molar-refractivity contribution >= 4 is 29.1 Å². The minimum Gasteiger partial charge on any atom is -0.466 e. The fourth-order valence-corrected chi connectivity index (χ4v) is 4.38. The van der Waals surface area contributed by atoms with Gasteiger partial charge in [0.15, 0.2) is 0 Å². The molecule has 1 aliphatic heterocycles. The summed E-state index contributed by atoms with van der Waals surface area (Å²) in [6.45, 7) is 2.60. The van der Waals surface area contributed by atoms with Crippen molar-refractivity contribution in [3.8, 4) is 0 Å². The zero-order chi connectivity index (χ0) is 22.0. The Morgan fingerprint density at radius 2 is 2.03 bits per heavy atom. The van der Waals surface area contributed by atoms with Crippen LogP contribution in [0.3, 0.4) is 0 Å². The van der Waals surface area contributed by atoms with Crippen molar-refractivity contribution in [3.05, 3.63) is 70.9 Å². The first kappa shape index (κ1) is 21.3. The molecule has 3 aromatic rings. The Labute approximate surface area is 184 Å². The molecule has 0 N–H and O–H groups in total. The van der Waals surface area contributed by atoms with Gasteiger partial charge in [-0.1, -0.05) is 29.8 Å². The molecule has 0 saturated carbocycles. The van der Waals surface area contributed by atoms with Crippen LogP contribution in [0.15, 0.2) is 48.8 Å². The second-order valence-electron chi connectivity index (χ2n) is 7.84. The first-order valence-corrected chi connectivity index (χ1v) is 10.6. The number of hydrogen-bond acceptors (Lipinski definition) is 4. The number of piperidine rings is 1. The van der Waals surface area contributed by atoms with Gasteiger partial charge in [-0.3, -0.25) is 9.59 Å². The van der Waals surface area contributed by atoms with Crippen LogP contribution in [0.5, 0.6) is 0 Å². The Morgan fingerprint density at radius 3 is 2.81 bits per heavy atom. The number of hydrogen-bond donors (Lipinski definition) is 0. The highest BCUT2D eigenvalue weighted by atomic mass is 35.5. The SMILES string of the molecule is CCOC(=O)C1(Cc2ccccc2F)CCCN(C(=O)c2cn3cc(Cl)ccc3n2)C1. The number of nitrogens with zero attached hydrogens (tertiary/aromatic N) is 3. The Hall–Kier alpha value is -2.93. The number of benzene rings is 1. The number of carbonyl (C=O) groups is 2. The molecule has 3 heterocycles. The topological polar surface area (TPSA) is 63.9 Å². The van der Waals surface area contributed by atoms with Gasteiger partial charge in [0.25, 0.3) is 5.91 Å². The summed E-state index contributed by atoms with van der Waals surface area (Å²) in [4.78, 5) is 32.2. The Kier molecular flexibility index (Phi) is 5.96. The number of carbonyl (C=O) groups excluding carboxylic acids is 2. The molecule has 8 heteroatoms. The predicted octanol–water partition coefficient (Wildman–Crippen LogP) is 4.16. The van der Waals surface area contributed by atoms with Crippen LogP contribution in [0.2, 0.25) is 5.02 Å². The van der Waals surface area contributed by atoms with Crippen molar-refractivity contribution in [2.45, 2.75) is 26.2 Å². The normalized spacial score (nSPS) is 18.9. The van der Waals surface area contributed by atoms with Gasteiger partial charge in [0.05, 0.1) is 17.0 Å². The first-order chi connectivity index (χ1) is 14.9. The Bertz CT molecular complexity index is 1130. The van der Waals surface area contributed by atoms with Gasteiger partial charge in [-0.15, -0.1) is 0 Å². The second kappa shape index (κ2) is 8.67. The highest BCUT2D eigenvalue weighted by molar-refractivity contribution is 6.30. The zero-order valence-corrected chi connectivity index (χ0v) is 17.9. The molecule has 0 spiro atoms. The smallest absolute Gasteiger partial charge is 0.314 e. The third-order valence-corrected chi connectivity index (χ3v) is 5.92. The molecule has 0 radical (unpaired) electrons. The number of imidazole rings is 1. The van der Waals surface area contributed by atoms with Crippen molar-refractivity contribution in [3.63, 3.8) is 0 Å². The molecule has 1 amide bonds. The minimum absolute atomic E-state index is 0.146. The van der Waals surface area contributed by atoms with Gasteiger partial charge in [-0.05, 0) is 49.9 Å². The summed E-state index contributed by atoms with van der Waals surface area (Å²) in [6.07, 6.45) is 4.60. The average Bonchev–Trinajstić information content (AvgIpc) is 3.18. The van der Waals surface area contributed by atoms with E-state index in [0.717, 1.165) is 0 Å². The molecule has 162 valence electrons. The van der Waals surface area contributed by atoms with Crippen LogP contribution >= 0.6 is 11.6 Å². The van der Waals surface area contributed by atoms with Crippen LogP contribution in [-0.2, 0) is 16.0 Å². The maximum Gasteiger partial charge on any atom is 0.314 e. The van der Waals surface area contributed by atoms with E-state index < -0.39 is 11.4 Å². The molecular formula is C23H23ClFN3O3.